The van der Waals surface area contributed by atoms with Gasteiger partial charge in [-0.15, -0.1) is 0 Å². The van der Waals surface area contributed by atoms with Gasteiger partial charge in [-0.2, -0.15) is 0 Å². The van der Waals surface area contributed by atoms with Crippen LogP contribution in [0.25, 0.3) is 0 Å². The van der Waals surface area contributed by atoms with Gasteiger partial charge in [0.2, 0.25) is 0 Å². The fraction of sp³-hybridized carbons (Fsp3) is 0.647. The molecule has 1 aromatic carbocycles. The van der Waals surface area contributed by atoms with E-state index in [1.165, 1.54) is 24.0 Å². The van der Waals surface area contributed by atoms with Crippen LogP contribution in [0.2, 0.25) is 0 Å². The molecule has 112 valence electrons. The second-order valence-corrected chi connectivity index (χ2v) is 6.06. The third-order valence-corrected chi connectivity index (χ3v) is 4.50. The number of hydrogen-bond acceptors (Lipinski definition) is 3. The number of nitrogens with two attached hydrogens (primary N) is 1. The van der Waals surface area contributed by atoms with Gasteiger partial charge in [0.15, 0.2) is 0 Å². The summed E-state index contributed by atoms with van der Waals surface area (Å²) in [5, 5.41) is 0. The Morgan fingerprint density at radius 1 is 1.25 bits per heavy atom. The molecular weight excluding hydrogens is 246 g/mol. The van der Waals surface area contributed by atoms with E-state index >= 15 is 0 Å². The van der Waals surface area contributed by atoms with Crippen LogP contribution in [0, 0.1) is 0 Å². The maximum absolute atomic E-state index is 5.97. The second kappa shape index (κ2) is 7.21. The van der Waals surface area contributed by atoms with E-state index in [1.807, 2.05) is 0 Å². The zero-order valence-electron chi connectivity index (χ0n) is 13.2. The first-order valence-electron chi connectivity index (χ1n) is 7.89. The predicted molar refractivity (Wildman–Crippen MR) is 85.9 cm³/mol. The molecule has 1 fully saturated rings. The van der Waals surface area contributed by atoms with E-state index in [1.54, 1.807) is 0 Å². The van der Waals surface area contributed by atoms with Gasteiger partial charge in [0.1, 0.15) is 0 Å². The number of rotatable bonds is 5. The Labute approximate surface area is 123 Å². The first kappa shape index (κ1) is 15.5. The Balaban J connectivity index is 2.07. The molecule has 2 atom stereocenters. The molecule has 0 aromatic heterocycles. The highest BCUT2D eigenvalue weighted by molar-refractivity contribution is 5.25. The molecule has 0 bridgehead atoms. The molecule has 0 radical (unpaired) electrons. The van der Waals surface area contributed by atoms with Gasteiger partial charge in [0.25, 0.3) is 0 Å². The average molecular weight is 275 g/mol. The van der Waals surface area contributed by atoms with Crippen LogP contribution in [0.1, 0.15) is 37.4 Å². The predicted octanol–water partition coefficient (Wildman–Crippen LogP) is 2.27. The maximum atomic E-state index is 5.97. The summed E-state index contributed by atoms with van der Waals surface area (Å²) < 4.78 is 0. The molecule has 2 unspecified atom stereocenters. The summed E-state index contributed by atoms with van der Waals surface area (Å²) in [6, 6.07) is 10.1. The highest BCUT2D eigenvalue weighted by Gasteiger charge is 2.28. The van der Waals surface area contributed by atoms with Crippen molar-refractivity contribution in [3.63, 3.8) is 0 Å². The van der Waals surface area contributed by atoms with Crippen molar-refractivity contribution in [3.8, 4) is 0 Å². The molecule has 0 saturated carbocycles. The summed E-state index contributed by atoms with van der Waals surface area (Å²) in [5.74, 6) is 0. The summed E-state index contributed by atoms with van der Waals surface area (Å²) in [6.45, 7) is 8.60. The molecule has 0 spiro atoms. The van der Waals surface area contributed by atoms with Gasteiger partial charge in [0, 0.05) is 38.3 Å². The molecule has 1 heterocycles. The second-order valence-electron chi connectivity index (χ2n) is 6.06. The monoisotopic (exact) mass is 275 g/mol. The van der Waals surface area contributed by atoms with Gasteiger partial charge in [-0.05, 0) is 31.5 Å². The van der Waals surface area contributed by atoms with Gasteiger partial charge in [-0.1, -0.05) is 37.6 Å². The van der Waals surface area contributed by atoms with E-state index in [0.717, 1.165) is 26.2 Å². The Morgan fingerprint density at radius 2 is 1.95 bits per heavy atom. The normalized spacial score (nSPS) is 22.9. The third kappa shape index (κ3) is 3.60. The lowest BCUT2D eigenvalue weighted by atomic mass is 10.0. The van der Waals surface area contributed by atoms with Crippen molar-refractivity contribution < 1.29 is 0 Å². The molecule has 3 nitrogen and oxygen atoms in total. The topological polar surface area (TPSA) is 32.5 Å². The molecular formula is C17H29N3. The van der Waals surface area contributed by atoms with E-state index in [4.69, 9.17) is 5.73 Å². The van der Waals surface area contributed by atoms with Crippen LogP contribution in [0.4, 0.5) is 0 Å². The van der Waals surface area contributed by atoms with Gasteiger partial charge in [-0.25, -0.2) is 0 Å². The number of piperazine rings is 1. The van der Waals surface area contributed by atoms with Crippen LogP contribution >= 0.6 is 0 Å². The van der Waals surface area contributed by atoms with Gasteiger partial charge >= 0.3 is 0 Å². The minimum absolute atomic E-state index is 0.452. The van der Waals surface area contributed by atoms with Crippen LogP contribution in [0.3, 0.4) is 0 Å². The third-order valence-electron chi connectivity index (χ3n) is 4.50. The average Bonchev–Trinajstić information content (AvgIpc) is 2.47. The van der Waals surface area contributed by atoms with Crippen molar-refractivity contribution in [3.05, 3.63) is 35.4 Å². The smallest absolute Gasteiger partial charge is 0.0352 e. The number of nitrogens with zero attached hydrogens (tertiary/aromatic N) is 2. The van der Waals surface area contributed by atoms with Crippen molar-refractivity contribution in [1.82, 2.24) is 9.80 Å². The Bertz CT molecular complexity index is 401. The van der Waals surface area contributed by atoms with E-state index in [-0.39, 0.29) is 0 Å². The van der Waals surface area contributed by atoms with Crippen molar-refractivity contribution in [1.29, 1.82) is 0 Å². The summed E-state index contributed by atoms with van der Waals surface area (Å²) >= 11 is 0. The Kier molecular flexibility index (Phi) is 5.58. The minimum Gasteiger partial charge on any atom is -0.329 e. The van der Waals surface area contributed by atoms with Crippen LogP contribution in [-0.4, -0.2) is 49.1 Å². The summed E-state index contributed by atoms with van der Waals surface area (Å²) in [5.41, 5.74) is 8.82. The molecule has 1 aliphatic heterocycles. The molecule has 2 N–H and O–H groups in total. The summed E-state index contributed by atoms with van der Waals surface area (Å²) in [6.07, 6.45) is 2.39. The van der Waals surface area contributed by atoms with Crippen LogP contribution in [-0.2, 0) is 6.42 Å². The number of hydrogen-bond donors (Lipinski definition) is 1. The van der Waals surface area contributed by atoms with E-state index in [0.29, 0.717) is 12.1 Å². The van der Waals surface area contributed by atoms with E-state index in [9.17, 15) is 0 Å². The molecule has 0 aliphatic carbocycles. The summed E-state index contributed by atoms with van der Waals surface area (Å²) in [4.78, 5) is 4.94. The van der Waals surface area contributed by atoms with Crippen molar-refractivity contribution >= 4 is 0 Å². The zero-order chi connectivity index (χ0) is 14.5. The van der Waals surface area contributed by atoms with E-state index in [2.05, 4.69) is 55.0 Å². The number of aryl methyl sites for hydroxylation is 1. The van der Waals surface area contributed by atoms with Crippen molar-refractivity contribution in [2.24, 2.45) is 5.73 Å². The quantitative estimate of drug-likeness (QED) is 0.895. The van der Waals surface area contributed by atoms with Gasteiger partial charge in [-0.3, -0.25) is 4.90 Å². The molecule has 1 aromatic rings. The van der Waals surface area contributed by atoms with Crippen LogP contribution in [0.5, 0.6) is 0 Å². The largest absolute Gasteiger partial charge is 0.329 e. The van der Waals surface area contributed by atoms with Gasteiger partial charge in [0.05, 0.1) is 0 Å². The molecule has 0 amide bonds. The number of benzene rings is 1. The first-order valence-corrected chi connectivity index (χ1v) is 7.89. The molecule has 2 rings (SSSR count). The summed E-state index contributed by atoms with van der Waals surface area (Å²) in [7, 11) is 2.18. The minimum atomic E-state index is 0.452. The maximum Gasteiger partial charge on any atom is 0.0352 e. The molecule has 20 heavy (non-hydrogen) atoms. The lowest BCUT2D eigenvalue weighted by molar-refractivity contribution is 0.0621. The fourth-order valence-corrected chi connectivity index (χ4v) is 3.19. The highest BCUT2D eigenvalue weighted by atomic mass is 15.3. The van der Waals surface area contributed by atoms with Crippen LogP contribution in [0.15, 0.2) is 24.3 Å². The SMILES string of the molecule is CCCc1ccc(C(C)N2CCN(C)CC2CN)cc1. The fourth-order valence-electron chi connectivity index (χ4n) is 3.19. The molecule has 1 saturated heterocycles. The van der Waals surface area contributed by atoms with Crippen molar-refractivity contribution in [2.75, 3.05) is 33.2 Å². The Hall–Kier alpha value is -0.900. The zero-order valence-corrected chi connectivity index (χ0v) is 13.2. The molecule has 1 aliphatic rings. The number of likely N-dealkylation sites (N-methyl/N-ethyl adjacent to an activating group) is 1. The van der Waals surface area contributed by atoms with E-state index < -0.39 is 0 Å². The lowest BCUT2D eigenvalue weighted by Gasteiger charge is -2.43. The highest BCUT2D eigenvalue weighted by Crippen LogP contribution is 2.25. The first-order chi connectivity index (χ1) is 9.65. The molecule has 3 heteroatoms. The standard InChI is InChI=1S/C17H29N3/c1-4-5-15-6-8-16(9-7-15)14(2)20-11-10-19(3)13-17(20)12-18/h6-9,14,17H,4-5,10-13,18H2,1-3H3. The lowest BCUT2D eigenvalue weighted by Crippen LogP contribution is -2.55. The Morgan fingerprint density at radius 3 is 2.55 bits per heavy atom. The van der Waals surface area contributed by atoms with Gasteiger partial charge < -0.3 is 10.6 Å². The van der Waals surface area contributed by atoms with Crippen LogP contribution < -0.4 is 5.73 Å². The van der Waals surface area contributed by atoms with Crippen molar-refractivity contribution in [2.45, 2.75) is 38.8 Å².